The molecular formula is C25H23ClO4S. The van der Waals surface area contributed by atoms with Gasteiger partial charge in [-0.2, -0.15) is 0 Å². The van der Waals surface area contributed by atoms with Gasteiger partial charge in [0.15, 0.2) is 11.5 Å². The molecule has 0 unspecified atom stereocenters. The van der Waals surface area contributed by atoms with Crippen molar-refractivity contribution in [2.24, 2.45) is 0 Å². The fraction of sp³-hybridized carbons (Fsp3) is 0.240. The van der Waals surface area contributed by atoms with E-state index in [1.807, 2.05) is 42.5 Å². The highest BCUT2D eigenvalue weighted by molar-refractivity contribution is 8.00. The van der Waals surface area contributed by atoms with Gasteiger partial charge in [0, 0.05) is 22.3 Å². The molecular weight excluding hydrogens is 432 g/mol. The maximum Gasteiger partial charge on any atom is 0.303 e. The Morgan fingerprint density at radius 1 is 0.968 bits per heavy atom. The summed E-state index contributed by atoms with van der Waals surface area (Å²) in [6, 6.07) is 20.0. The van der Waals surface area contributed by atoms with Crippen molar-refractivity contribution in [3.8, 4) is 22.6 Å². The zero-order chi connectivity index (χ0) is 22.0. The molecule has 3 aromatic carbocycles. The Hall–Kier alpha value is -2.63. The number of carbonyl (C=O) groups is 1. The average molecular weight is 455 g/mol. The predicted octanol–water partition coefficient (Wildman–Crippen LogP) is 6.77. The minimum atomic E-state index is -0.793. The van der Waals surface area contributed by atoms with Crippen LogP contribution in [-0.4, -0.2) is 25.3 Å². The summed E-state index contributed by atoms with van der Waals surface area (Å²) in [4.78, 5) is 11.4. The molecule has 160 valence electrons. The molecule has 1 N–H and O–H groups in total. The lowest BCUT2D eigenvalue weighted by Gasteiger charge is -2.24. The third-order valence-corrected chi connectivity index (χ3v) is 7.36. The highest BCUT2D eigenvalue weighted by Crippen LogP contribution is 2.56. The van der Waals surface area contributed by atoms with Crippen LogP contribution in [0.1, 0.15) is 40.0 Å². The number of carboxylic acids is 1. The van der Waals surface area contributed by atoms with Crippen LogP contribution < -0.4 is 9.47 Å². The van der Waals surface area contributed by atoms with Crippen molar-refractivity contribution in [2.45, 2.75) is 23.3 Å². The van der Waals surface area contributed by atoms with Crippen LogP contribution in [0.5, 0.6) is 11.5 Å². The first-order valence-electron chi connectivity index (χ1n) is 10.0. The minimum absolute atomic E-state index is 0.000572. The lowest BCUT2D eigenvalue weighted by atomic mass is 9.90. The average Bonchev–Trinajstić information content (AvgIpc) is 2.91. The molecule has 3 aromatic rings. The Balaban J connectivity index is 1.94. The molecule has 31 heavy (non-hydrogen) atoms. The number of aliphatic carboxylic acids is 1. The van der Waals surface area contributed by atoms with E-state index in [0.717, 1.165) is 27.8 Å². The highest BCUT2D eigenvalue weighted by atomic mass is 35.5. The Kier molecular flexibility index (Phi) is 6.44. The van der Waals surface area contributed by atoms with Gasteiger partial charge in [-0.15, -0.1) is 11.8 Å². The molecule has 1 aliphatic heterocycles. The second-order valence-electron chi connectivity index (χ2n) is 7.34. The summed E-state index contributed by atoms with van der Waals surface area (Å²) in [6.07, 6.45) is 0.632. The van der Waals surface area contributed by atoms with Crippen molar-refractivity contribution >= 4 is 29.3 Å². The molecule has 0 aromatic heterocycles. The van der Waals surface area contributed by atoms with E-state index in [0.29, 0.717) is 22.9 Å². The zero-order valence-electron chi connectivity index (χ0n) is 17.3. The van der Waals surface area contributed by atoms with Gasteiger partial charge in [0.1, 0.15) is 0 Å². The van der Waals surface area contributed by atoms with Crippen LogP contribution in [0.2, 0.25) is 5.02 Å². The smallest absolute Gasteiger partial charge is 0.303 e. The standard InChI is InChI=1S/C25H23ClO4S/c1-29-21-9-5-8-19(24(21)30-2)25-20-14-15(26)10-11-17(20)16-6-3-4-7-18(16)22(31-25)12-13-23(27)28/h3-11,14,22,25H,12-13H2,1-2H3,(H,27,28)/t22-,25-/m1/s1. The Morgan fingerprint density at radius 3 is 2.45 bits per heavy atom. The monoisotopic (exact) mass is 454 g/mol. The van der Waals surface area contributed by atoms with E-state index in [1.54, 1.807) is 26.0 Å². The number of rotatable bonds is 6. The third kappa shape index (κ3) is 4.25. The molecule has 1 aliphatic rings. The summed E-state index contributed by atoms with van der Waals surface area (Å²) in [5.41, 5.74) is 5.40. The van der Waals surface area contributed by atoms with Crippen molar-refractivity contribution in [3.63, 3.8) is 0 Å². The molecule has 4 nitrogen and oxygen atoms in total. The first-order valence-corrected chi connectivity index (χ1v) is 11.3. The van der Waals surface area contributed by atoms with Gasteiger partial charge in [-0.3, -0.25) is 4.79 Å². The number of halogens is 1. The summed E-state index contributed by atoms with van der Waals surface area (Å²) in [7, 11) is 3.26. The van der Waals surface area contributed by atoms with Crippen molar-refractivity contribution < 1.29 is 19.4 Å². The number of fused-ring (bicyclic) bond motifs is 3. The van der Waals surface area contributed by atoms with Crippen molar-refractivity contribution in [1.29, 1.82) is 0 Å². The van der Waals surface area contributed by atoms with Crippen LogP contribution in [0.15, 0.2) is 60.7 Å². The lowest BCUT2D eigenvalue weighted by Crippen LogP contribution is -2.05. The SMILES string of the molecule is COc1cccc([C@H]2S[C@H](CCC(=O)O)c3ccccc3-c3ccc(Cl)cc32)c1OC. The fourth-order valence-electron chi connectivity index (χ4n) is 4.17. The lowest BCUT2D eigenvalue weighted by molar-refractivity contribution is -0.137. The third-order valence-electron chi connectivity index (χ3n) is 5.53. The summed E-state index contributed by atoms with van der Waals surface area (Å²) in [5, 5.41) is 9.90. The van der Waals surface area contributed by atoms with Crippen LogP contribution in [-0.2, 0) is 4.79 Å². The van der Waals surface area contributed by atoms with Gasteiger partial charge in [-0.1, -0.05) is 54.1 Å². The fourth-order valence-corrected chi connectivity index (χ4v) is 5.96. The largest absolute Gasteiger partial charge is 0.493 e. The minimum Gasteiger partial charge on any atom is -0.493 e. The Labute approximate surface area is 191 Å². The summed E-state index contributed by atoms with van der Waals surface area (Å²) >= 11 is 8.17. The number of hydrogen-bond donors (Lipinski definition) is 1. The normalized spacial score (nSPS) is 17.3. The summed E-state index contributed by atoms with van der Waals surface area (Å²) in [6.45, 7) is 0. The quantitative estimate of drug-likeness (QED) is 0.445. The highest BCUT2D eigenvalue weighted by Gasteiger charge is 2.32. The van der Waals surface area contributed by atoms with Crippen LogP contribution >= 0.6 is 23.4 Å². The molecule has 1 heterocycles. The van der Waals surface area contributed by atoms with Gasteiger partial charge in [-0.25, -0.2) is 0 Å². The topological polar surface area (TPSA) is 55.8 Å². The number of benzene rings is 3. The van der Waals surface area contributed by atoms with E-state index in [1.165, 1.54) is 0 Å². The van der Waals surface area contributed by atoms with E-state index < -0.39 is 5.97 Å². The van der Waals surface area contributed by atoms with Gasteiger partial charge in [0.25, 0.3) is 0 Å². The molecule has 0 bridgehead atoms. The van der Waals surface area contributed by atoms with Gasteiger partial charge in [-0.05, 0) is 46.9 Å². The predicted molar refractivity (Wildman–Crippen MR) is 125 cm³/mol. The molecule has 0 radical (unpaired) electrons. The number of hydrogen-bond acceptors (Lipinski definition) is 4. The molecule has 0 saturated heterocycles. The molecule has 0 spiro atoms. The van der Waals surface area contributed by atoms with E-state index in [4.69, 9.17) is 21.1 Å². The molecule has 0 aliphatic carbocycles. The summed E-state index contributed by atoms with van der Waals surface area (Å²) < 4.78 is 11.3. The van der Waals surface area contributed by atoms with E-state index in [2.05, 4.69) is 18.2 Å². The van der Waals surface area contributed by atoms with Gasteiger partial charge >= 0.3 is 5.97 Å². The van der Waals surface area contributed by atoms with Crippen LogP contribution in [0, 0.1) is 0 Å². The van der Waals surface area contributed by atoms with Gasteiger partial charge in [0.05, 0.1) is 19.5 Å². The first kappa shape index (κ1) is 21.6. The number of thioether (sulfide) groups is 1. The van der Waals surface area contributed by atoms with E-state index >= 15 is 0 Å². The molecule has 0 saturated carbocycles. The van der Waals surface area contributed by atoms with Gasteiger partial charge in [0.2, 0.25) is 0 Å². The van der Waals surface area contributed by atoms with Crippen LogP contribution in [0.3, 0.4) is 0 Å². The second-order valence-corrected chi connectivity index (χ2v) is 9.09. The second kappa shape index (κ2) is 9.25. The van der Waals surface area contributed by atoms with Crippen molar-refractivity contribution in [1.82, 2.24) is 0 Å². The van der Waals surface area contributed by atoms with E-state index in [9.17, 15) is 9.90 Å². The Morgan fingerprint density at radius 2 is 1.71 bits per heavy atom. The molecule has 4 rings (SSSR count). The van der Waals surface area contributed by atoms with Crippen molar-refractivity contribution in [3.05, 3.63) is 82.4 Å². The Bertz CT molecular complexity index is 1110. The molecule has 6 heteroatoms. The van der Waals surface area contributed by atoms with E-state index in [-0.39, 0.29) is 16.9 Å². The molecule has 2 atom stereocenters. The number of ether oxygens (including phenoxy) is 2. The number of methoxy groups -OCH3 is 2. The summed E-state index contributed by atoms with van der Waals surface area (Å²) in [5.74, 6) is 0.544. The maximum absolute atomic E-state index is 11.4. The molecule has 0 amide bonds. The molecule has 0 fully saturated rings. The number of carboxylic acid groups (broad SMARTS) is 1. The maximum atomic E-state index is 11.4. The first-order chi connectivity index (χ1) is 15.0. The van der Waals surface area contributed by atoms with Gasteiger partial charge < -0.3 is 14.6 Å². The zero-order valence-corrected chi connectivity index (χ0v) is 18.9. The van der Waals surface area contributed by atoms with Crippen LogP contribution in [0.4, 0.5) is 0 Å². The van der Waals surface area contributed by atoms with Crippen molar-refractivity contribution in [2.75, 3.05) is 14.2 Å². The number of para-hydroxylation sites is 1. The van der Waals surface area contributed by atoms with Crippen LogP contribution in [0.25, 0.3) is 11.1 Å².